The van der Waals surface area contributed by atoms with Crippen molar-refractivity contribution in [2.45, 2.75) is 92.0 Å². The second kappa shape index (κ2) is 11.8. The molecule has 2 N–H and O–H groups in total. The van der Waals surface area contributed by atoms with Gasteiger partial charge < -0.3 is 20.3 Å². The van der Waals surface area contributed by atoms with Crippen molar-refractivity contribution in [1.82, 2.24) is 10.2 Å². The first kappa shape index (κ1) is 29.5. The Bertz CT molecular complexity index is 1160. The Hall–Kier alpha value is -3.06. The van der Waals surface area contributed by atoms with Crippen LogP contribution in [-0.4, -0.2) is 40.5 Å². The lowest BCUT2D eigenvalue weighted by atomic mass is 9.92. The first-order valence-electron chi connectivity index (χ1n) is 13.1. The molecule has 0 heterocycles. The molecule has 1 fully saturated rings. The number of alkyl carbamates (subject to hydrolysis) is 1. The molecule has 0 aromatic heterocycles. The molecule has 2 atom stereocenters. The van der Waals surface area contributed by atoms with Crippen LogP contribution in [0, 0.1) is 26.7 Å². The fourth-order valence-corrected chi connectivity index (χ4v) is 4.89. The number of carbonyl (C=O) groups is 3. The smallest absolute Gasteiger partial charge is 0.408 e. The van der Waals surface area contributed by atoms with Crippen LogP contribution in [0.1, 0.15) is 75.8 Å². The normalized spacial score (nSPS) is 15.0. The number of hydrogen-bond acceptors (Lipinski definition) is 4. The van der Waals surface area contributed by atoms with Crippen molar-refractivity contribution in [3.63, 3.8) is 0 Å². The third-order valence-corrected chi connectivity index (χ3v) is 6.93. The van der Waals surface area contributed by atoms with Gasteiger partial charge >= 0.3 is 6.09 Å². The number of nitrogens with zero attached hydrogens (tertiary/aromatic N) is 1. The topological polar surface area (TPSA) is 87.7 Å². The first-order valence-corrected chi connectivity index (χ1v) is 13.5. The van der Waals surface area contributed by atoms with E-state index in [1.807, 2.05) is 65.0 Å². The van der Waals surface area contributed by atoms with E-state index in [2.05, 4.69) is 10.6 Å². The van der Waals surface area contributed by atoms with Crippen LogP contribution >= 0.6 is 11.6 Å². The first-order chi connectivity index (χ1) is 17.7. The maximum atomic E-state index is 14.2. The highest BCUT2D eigenvalue weighted by Gasteiger charge is 2.45. The average molecular weight is 542 g/mol. The monoisotopic (exact) mass is 541 g/mol. The van der Waals surface area contributed by atoms with Gasteiger partial charge in [0.25, 0.3) is 5.91 Å². The zero-order chi connectivity index (χ0) is 28.4. The number of nitrogens with one attached hydrogen (secondary N) is 2. The Kier molecular flexibility index (Phi) is 9.13. The van der Waals surface area contributed by atoms with Gasteiger partial charge in [-0.3, -0.25) is 9.59 Å². The van der Waals surface area contributed by atoms with Crippen LogP contribution in [0.25, 0.3) is 0 Å². The number of anilines is 1. The van der Waals surface area contributed by atoms with Crippen LogP contribution in [0.5, 0.6) is 0 Å². The summed E-state index contributed by atoms with van der Waals surface area (Å²) in [5, 5.41) is 6.21. The van der Waals surface area contributed by atoms with E-state index >= 15 is 0 Å². The molecule has 2 aromatic rings. The maximum Gasteiger partial charge on any atom is 0.408 e. The van der Waals surface area contributed by atoms with Gasteiger partial charge in [0.05, 0.1) is 10.7 Å². The number of hydrogen-bond donors (Lipinski definition) is 2. The molecule has 3 rings (SSSR count). The lowest BCUT2D eigenvalue weighted by Crippen LogP contribution is -2.55. The third-order valence-electron chi connectivity index (χ3n) is 6.61. The van der Waals surface area contributed by atoms with Gasteiger partial charge in [-0.1, -0.05) is 55.8 Å². The summed E-state index contributed by atoms with van der Waals surface area (Å²) >= 11 is 6.45. The van der Waals surface area contributed by atoms with E-state index in [4.69, 9.17) is 16.3 Å². The van der Waals surface area contributed by atoms with Gasteiger partial charge in [0.2, 0.25) is 5.91 Å². The second-order valence-corrected chi connectivity index (χ2v) is 11.9. The molecule has 7 nitrogen and oxygen atoms in total. The summed E-state index contributed by atoms with van der Waals surface area (Å²) in [5.74, 6) is -0.894. The standard InChI is InChI=1S/C30H40ClN3O4/c1-17(2)24(33-29(37)38-30(6,7)8)28(36)34(21-15-16-21)26(23-18(3)11-9-12-19(23)4)27(35)32-25-20(5)13-10-14-22(25)31/h9-14,17,21,24,26H,15-16H2,1-8H3,(H,32,35)(H,33,37). The lowest BCUT2D eigenvalue weighted by Gasteiger charge is -2.37. The highest BCUT2D eigenvalue weighted by molar-refractivity contribution is 6.34. The Morgan fingerprint density at radius 1 is 0.974 bits per heavy atom. The van der Waals surface area contributed by atoms with Crippen molar-refractivity contribution >= 4 is 35.2 Å². The summed E-state index contributed by atoms with van der Waals surface area (Å²) in [7, 11) is 0. The summed E-state index contributed by atoms with van der Waals surface area (Å²) in [5.41, 5.74) is 3.21. The van der Waals surface area contributed by atoms with Crippen molar-refractivity contribution in [1.29, 1.82) is 0 Å². The minimum absolute atomic E-state index is 0.119. The van der Waals surface area contributed by atoms with Crippen molar-refractivity contribution in [3.8, 4) is 0 Å². The SMILES string of the molecule is Cc1cccc(Cl)c1NC(=O)C(c1c(C)cccc1C)N(C(=O)C(NC(=O)OC(C)(C)C)C(C)C)C1CC1. The van der Waals surface area contributed by atoms with Crippen LogP contribution in [0.2, 0.25) is 5.02 Å². The Labute approximate surface area is 231 Å². The summed E-state index contributed by atoms with van der Waals surface area (Å²) in [4.78, 5) is 42.7. The summed E-state index contributed by atoms with van der Waals surface area (Å²) in [6, 6.07) is 9.35. The number of aryl methyl sites for hydroxylation is 3. The third kappa shape index (κ3) is 7.07. The molecule has 206 valence electrons. The van der Waals surface area contributed by atoms with Gasteiger partial charge in [0.15, 0.2) is 0 Å². The number of halogens is 1. The quantitative estimate of drug-likeness (QED) is 0.400. The molecule has 0 spiro atoms. The van der Waals surface area contributed by atoms with Crippen LogP contribution in [0.4, 0.5) is 10.5 Å². The molecule has 1 aliphatic rings. The number of benzene rings is 2. The Balaban J connectivity index is 2.07. The highest BCUT2D eigenvalue weighted by atomic mass is 35.5. The van der Waals surface area contributed by atoms with Crippen molar-refractivity contribution in [2.24, 2.45) is 5.92 Å². The van der Waals surface area contributed by atoms with E-state index in [-0.39, 0.29) is 23.8 Å². The van der Waals surface area contributed by atoms with E-state index in [0.29, 0.717) is 10.7 Å². The molecule has 0 bridgehead atoms. The molecule has 1 aliphatic carbocycles. The fraction of sp³-hybridized carbons (Fsp3) is 0.500. The Morgan fingerprint density at radius 3 is 2.03 bits per heavy atom. The van der Waals surface area contributed by atoms with E-state index < -0.39 is 23.8 Å². The van der Waals surface area contributed by atoms with Crippen LogP contribution in [0.3, 0.4) is 0 Å². The predicted octanol–water partition coefficient (Wildman–Crippen LogP) is 6.49. The zero-order valence-electron chi connectivity index (χ0n) is 23.6. The van der Waals surface area contributed by atoms with Crippen molar-refractivity contribution in [2.75, 3.05) is 5.32 Å². The van der Waals surface area contributed by atoms with Gasteiger partial charge in [-0.05, 0) is 88.6 Å². The molecule has 0 saturated heterocycles. The zero-order valence-corrected chi connectivity index (χ0v) is 24.4. The lowest BCUT2D eigenvalue weighted by molar-refractivity contribution is -0.142. The Morgan fingerprint density at radius 2 is 1.53 bits per heavy atom. The number of rotatable bonds is 8. The molecule has 3 amide bonds. The molecule has 1 saturated carbocycles. The molecule has 2 aromatic carbocycles. The largest absolute Gasteiger partial charge is 0.444 e. The average Bonchev–Trinajstić information content (AvgIpc) is 3.62. The van der Waals surface area contributed by atoms with E-state index in [9.17, 15) is 14.4 Å². The number of amides is 3. The number of para-hydroxylation sites is 1. The minimum atomic E-state index is -0.909. The van der Waals surface area contributed by atoms with E-state index in [0.717, 1.165) is 35.1 Å². The molecule has 2 unspecified atom stereocenters. The van der Waals surface area contributed by atoms with Gasteiger partial charge in [-0.25, -0.2) is 4.79 Å². The molecule has 0 radical (unpaired) electrons. The number of carbonyl (C=O) groups excluding carboxylic acids is 3. The minimum Gasteiger partial charge on any atom is -0.444 e. The summed E-state index contributed by atoms with van der Waals surface area (Å²) in [6.07, 6.45) is 0.895. The van der Waals surface area contributed by atoms with E-state index in [1.165, 1.54) is 0 Å². The summed E-state index contributed by atoms with van der Waals surface area (Å²) < 4.78 is 5.45. The van der Waals surface area contributed by atoms with Crippen LogP contribution in [0.15, 0.2) is 36.4 Å². The van der Waals surface area contributed by atoms with E-state index in [1.54, 1.807) is 31.7 Å². The second-order valence-electron chi connectivity index (χ2n) is 11.5. The summed E-state index contributed by atoms with van der Waals surface area (Å²) in [6.45, 7) is 14.8. The van der Waals surface area contributed by atoms with Crippen molar-refractivity contribution < 1.29 is 19.1 Å². The van der Waals surface area contributed by atoms with Gasteiger partial charge in [-0.2, -0.15) is 0 Å². The molecule has 38 heavy (non-hydrogen) atoms. The van der Waals surface area contributed by atoms with Crippen LogP contribution < -0.4 is 10.6 Å². The predicted molar refractivity (Wildman–Crippen MR) is 151 cm³/mol. The van der Waals surface area contributed by atoms with Gasteiger partial charge in [-0.15, -0.1) is 0 Å². The molecular formula is C30H40ClN3O4. The van der Waals surface area contributed by atoms with Crippen molar-refractivity contribution in [3.05, 3.63) is 63.7 Å². The van der Waals surface area contributed by atoms with Gasteiger partial charge in [0, 0.05) is 6.04 Å². The molecule has 0 aliphatic heterocycles. The van der Waals surface area contributed by atoms with Crippen LogP contribution in [-0.2, 0) is 14.3 Å². The number of ether oxygens (including phenoxy) is 1. The van der Waals surface area contributed by atoms with Gasteiger partial charge in [0.1, 0.15) is 17.7 Å². The molecular weight excluding hydrogens is 502 g/mol. The maximum absolute atomic E-state index is 14.2. The molecule has 8 heteroatoms. The highest BCUT2D eigenvalue weighted by Crippen LogP contribution is 2.39. The fourth-order valence-electron chi connectivity index (χ4n) is 4.62.